The lowest BCUT2D eigenvalue weighted by Crippen LogP contribution is -2.41. The van der Waals surface area contributed by atoms with Crippen LogP contribution in [0.1, 0.15) is 55.4 Å². The van der Waals surface area contributed by atoms with Gasteiger partial charge in [0.15, 0.2) is 0 Å². The number of hydrogen-bond donors (Lipinski definition) is 0. The van der Waals surface area contributed by atoms with Gasteiger partial charge >= 0.3 is 7.12 Å². The van der Waals surface area contributed by atoms with Crippen LogP contribution in [0.3, 0.4) is 0 Å². The van der Waals surface area contributed by atoms with Gasteiger partial charge in [-0.2, -0.15) is 0 Å². The molecular weight excluding hydrogens is 237 g/mol. The lowest BCUT2D eigenvalue weighted by molar-refractivity contribution is 0.00578. The Morgan fingerprint density at radius 3 is 1.74 bits per heavy atom. The van der Waals surface area contributed by atoms with Gasteiger partial charge in [-0.15, -0.1) is 0 Å². The average molecular weight is 267 g/mol. The van der Waals surface area contributed by atoms with E-state index in [-0.39, 0.29) is 18.3 Å². The molecule has 0 aromatic carbocycles. The minimum absolute atomic E-state index is 0.256. The van der Waals surface area contributed by atoms with Gasteiger partial charge in [0.1, 0.15) is 0 Å². The summed E-state index contributed by atoms with van der Waals surface area (Å²) in [5.41, 5.74) is 0.506. The number of rotatable bonds is 2. The first-order chi connectivity index (χ1) is 8.53. The molecule has 1 saturated heterocycles. The molecule has 0 N–H and O–H groups in total. The summed E-state index contributed by atoms with van der Waals surface area (Å²) >= 11 is 0. The minimum atomic E-state index is -0.268. The fraction of sp³-hybridized carbons (Fsp3) is 0.800. The second kappa shape index (κ2) is 7.25. The molecule has 0 spiro atoms. The molecule has 4 heteroatoms. The van der Waals surface area contributed by atoms with Crippen LogP contribution in [0, 0.1) is 5.92 Å². The summed E-state index contributed by atoms with van der Waals surface area (Å²) in [7, 11) is 1.49. The van der Waals surface area contributed by atoms with Gasteiger partial charge in [0, 0.05) is 13.3 Å². The highest BCUT2D eigenvalue weighted by Gasteiger charge is 2.51. The van der Waals surface area contributed by atoms with E-state index in [9.17, 15) is 0 Å². The van der Waals surface area contributed by atoms with Crippen molar-refractivity contribution in [3.05, 3.63) is 11.5 Å². The zero-order valence-electron chi connectivity index (χ0n) is 14.1. The van der Waals surface area contributed by atoms with Crippen LogP contribution in [-0.4, -0.2) is 31.6 Å². The lowest BCUT2D eigenvalue weighted by Gasteiger charge is -2.32. The first kappa shape index (κ1) is 18.4. The van der Waals surface area contributed by atoms with E-state index in [1.165, 1.54) is 0 Å². The van der Waals surface area contributed by atoms with Crippen LogP contribution in [0.15, 0.2) is 16.5 Å². The Bertz CT molecular complexity index is 314. The van der Waals surface area contributed by atoms with E-state index < -0.39 is 0 Å². The zero-order chi connectivity index (χ0) is 15.3. The fourth-order valence-electron chi connectivity index (χ4n) is 1.30. The molecular formula is C15H30BNO2. The van der Waals surface area contributed by atoms with Crippen molar-refractivity contribution in [1.82, 2.24) is 0 Å². The predicted octanol–water partition coefficient (Wildman–Crippen LogP) is 3.93. The van der Waals surface area contributed by atoms with Gasteiger partial charge in [-0.05, 0) is 52.1 Å². The van der Waals surface area contributed by atoms with Crippen molar-refractivity contribution in [2.45, 2.75) is 66.6 Å². The van der Waals surface area contributed by atoms with Gasteiger partial charge in [-0.1, -0.05) is 20.8 Å². The van der Waals surface area contributed by atoms with Crippen LogP contribution in [0.25, 0.3) is 0 Å². The first-order valence-electron chi connectivity index (χ1n) is 6.98. The fourth-order valence-corrected chi connectivity index (χ4v) is 1.30. The normalized spacial score (nSPS) is 21.8. The van der Waals surface area contributed by atoms with Crippen molar-refractivity contribution < 1.29 is 9.31 Å². The summed E-state index contributed by atoms with van der Waals surface area (Å²) < 4.78 is 11.7. The van der Waals surface area contributed by atoms with E-state index in [1.54, 1.807) is 13.3 Å². The van der Waals surface area contributed by atoms with Crippen LogP contribution in [0.4, 0.5) is 0 Å². The quantitative estimate of drug-likeness (QED) is 0.560. The molecule has 1 aliphatic rings. The monoisotopic (exact) mass is 267 g/mol. The Morgan fingerprint density at radius 2 is 1.42 bits per heavy atom. The third kappa shape index (κ3) is 5.92. The number of nitrogens with zero attached hydrogens (tertiary/aromatic N) is 1. The van der Waals surface area contributed by atoms with Crippen molar-refractivity contribution in [1.29, 1.82) is 0 Å². The molecule has 110 valence electrons. The highest BCUT2D eigenvalue weighted by atomic mass is 16.7. The van der Waals surface area contributed by atoms with Crippen molar-refractivity contribution in [3.8, 4) is 0 Å². The molecule has 1 heterocycles. The van der Waals surface area contributed by atoms with E-state index in [0.717, 1.165) is 11.4 Å². The Labute approximate surface area is 119 Å². The first-order valence-corrected chi connectivity index (χ1v) is 6.98. The highest BCUT2D eigenvalue weighted by Crippen LogP contribution is 2.38. The van der Waals surface area contributed by atoms with E-state index >= 15 is 0 Å². The van der Waals surface area contributed by atoms with E-state index in [4.69, 9.17) is 9.31 Å². The van der Waals surface area contributed by atoms with Crippen LogP contribution in [0.2, 0.25) is 0 Å². The molecule has 0 unspecified atom stereocenters. The molecule has 1 aliphatic heterocycles. The molecule has 0 aliphatic carbocycles. The summed E-state index contributed by atoms with van der Waals surface area (Å²) in [6.45, 7) is 16.7. The molecule has 0 aromatic heterocycles. The summed E-state index contributed by atoms with van der Waals surface area (Å²) in [6.07, 6.45) is 3.67. The number of allylic oxidation sites excluding steroid dienone is 2. The van der Waals surface area contributed by atoms with Crippen LogP contribution >= 0.6 is 0 Å². The van der Waals surface area contributed by atoms with Crippen molar-refractivity contribution in [2.24, 2.45) is 10.9 Å². The third-order valence-electron chi connectivity index (χ3n) is 3.11. The zero-order valence-corrected chi connectivity index (χ0v) is 14.1. The smallest absolute Gasteiger partial charge is 0.400 e. The number of hydrogen-bond acceptors (Lipinski definition) is 3. The molecule has 0 amide bonds. The summed E-state index contributed by atoms with van der Waals surface area (Å²) in [6, 6.07) is 0. The maximum atomic E-state index is 5.87. The van der Waals surface area contributed by atoms with Gasteiger partial charge in [0.25, 0.3) is 0 Å². The van der Waals surface area contributed by atoms with E-state index in [0.29, 0.717) is 0 Å². The van der Waals surface area contributed by atoms with Crippen LogP contribution in [-0.2, 0) is 9.31 Å². The van der Waals surface area contributed by atoms with Crippen LogP contribution < -0.4 is 0 Å². The van der Waals surface area contributed by atoms with E-state index in [2.05, 4.69) is 25.8 Å². The second-order valence-corrected chi connectivity index (χ2v) is 6.64. The predicted molar refractivity (Wildman–Crippen MR) is 84.8 cm³/mol. The van der Waals surface area contributed by atoms with Gasteiger partial charge in [-0.25, -0.2) is 0 Å². The number of aliphatic imine (C=N–C) groups is 1. The Hall–Kier alpha value is -0.605. The Morgan fingerprint density at radius 1 is 1.05 bits per heavy atom. The lowest BCUT2D eigenvalue weighted by atomic mass is 9.79. The van der Waals surface area contributed by atoms with Crippen molar-refractivity contribution in [3.63, 3.8) is 0 Å². The molecule has 0 saturated carbocycles. The largest absolute Gasteiger partial charge is 0.490 e. The van der Waals surface area contributed by atoms with E-state index in [1.807, 2.05) is 40.7 Å². The standard InChI is InChI=1S/C11H20BNO2.C4H10/c1-9(7-8-13-6)12-14-10(2,3)11(4,5)15-12;1-4(2)3/h7-8H,1-6H3;4H,1-3H3/b9-7+,13-8?;. The molecule has 1 fully saturated rings. The maximum absolute atomic E-state index is 5.87. The molecule has 3 nitrogen and oxygen atoms in total. The third-order valence-corrected chi connectivity index (χ3v) is 3.11. The van der Waals surface area contributed by atoms with Crippen molar-refractivity contribution >= 4 is 13.3 Å². The van der Waals surface area contributed by atoms with Gasteiger partial charge in [-0.3, -0.25) is 4.99 Å². The average Bonchev–Trinajstić information content (AvgIpc) is 2.44. The molecule has 0 radical (unpaired) electrons. The Balaban J connectivity index is 0.000000711. The Kier molecular flexibility index (Phi) is 7.02. The minimum Gasteiger partial charge on any atom is -0.400 e. The molecule has 0 atom stereocenters. The highest BCUT2D eigenvalue weighted by molar-refractivity contribution is 6.54. The molecule has 0 aromatic rings. The second-order valence-electron chi connectivity index (χ2n) is 6.64. The SMILES string of the molecule is CC(C)C.CN=C/C=C(\C)B1OC(C)(C)C(C)(C)O1. The van der Waals surface area contributed by atoms with Gasteiger partial charge in [0.2, 0.25) is 0 Å². The summed E-state index contributed by atoms with van der Waals surface area (Å²) in [5, 5.41) is 0. The summed E-state index contributed by atoms with van der Waals surface area (Å²) in [4.78, 5) is 3.91. The van der Waals surface area contributed by atoms with Crippen LogP contribution in [0.5, 0.6) is 0 Å². The molecule has 1 rings (SSSR count). The topological polar surface area (TPSA) is 30.8 Å². The van der Waals surface area contributed by atoms with Gasteiger partial charge < -0.3 is 9.31 Å². The van der Waals surface area contributed by atoms with Crippen molar-refractivity contribution in [2.75, 3.05) is 7.05 Å². The molecule has 19 heavy (non-hydrogen) atoms. The summed E-state index contributed by atoms with van der Waals surface area (Å²) in [5.74, 6) is 0.833. The van der Waals surface area contributed by atoms with Gasteiger partial charge in [0.05, 0.1) is 11.2 Å². The maximum Gasteiger partial charge on any atom is 0.490 e. The molecule has 0 bridgehead atoms.